The number of hydrogen-bond donors (Lipinski definition) is 1. The molecule has 5 nitrogen and oxygen atoms in total. The first-order valence-electron chi connectivity index (χ1n) is 6.54. The van der Waals surface area contributed by atoms with Crippen LogP contribution in [0.5, 0.6) is 0 Å². The molecule has 0 atom stereocenters. The van der Waals surface area contributed by atoms with Crippen molar-refractivity contribution in [3.63, 3.8) is 0 Å². The number of benzene rings is 1. The zero-order valence-corrected chi connectivity index (χ0v) is 15.2. The van der Waals surface area contributed by atoms with Gasteiger partial charge >= 0.3 is 0 Å². The molecule has 0 aliphatic rings. The van der Waals surface area contributed by atoms with Crippen LogP contribution in [0.1, 0.15) is 37.0 Å². The van der Waals surface area contributed by atoms with Crippen LogP contribution in [0.2, 0.25) is 0 Å². The molecule has 7 heteroatoms. The monoisotopic (exact) mass is 420 g/mol. The molecule has 0 radical (unpaired) electrons. The van der Waals surface area contributed by atoms with E-state index in [1.54, 1.807) is 6.07 Å². The van der Waals surface area contributed by atoms with E-state index in [2.05, 4.69) is 51.0 Å². The van der Waals surface area contributed by atoms with Crippen molar-refractivity contribution in [2.24, 2.45) is 5.41 Å². The number of halogens is 2. The molecular formula is C14H18Br2N2O3. The van der Waals surface area contributed by atoms with Gasteiger partial charge in [0.05, 0.1) is 4.92 Å². The zero-order valence-electron chi connectivity index (χ0n) is 12.0. The molecule has 21 heavy (non-hydrogen) atoms. The summed E-state index contributed by atoms with van der Waals surface area (Å²) >= 11 is 6.58. The number of non-ortho nitro benzene ring substituents is 1. The van der Waals surface area contributed by atoms with E-state index in [9.17, 15) is 14.9 Å². The molecule has 116 valence electrons. The maximum Gasteiger partial charge on any atom is 0.271 e. The number of nitro groups is 1. The number of carbonyl (C=O) groups is 1. The highest BCUT2D eigenvalue weighted by Gasteiger charge is 2.20. The summed E-state index contributed by atoms with van der Waals surface area (Å²) < 4.78 is 0.514. The highest BCUT2D eigenvalue weighted by molar-refractivity contribution is 9.10. The Morgan fingerprint density at radius 1 is 1.38 bits per heavy atom. The van der Waals surface area contributed by atoms with E-state index in [1.807, 2.05) is 0 Å². The van der Waals surface area contributed by atoms with Crippen molar-refractivity contribution in [2.45, 2.75) is 26.7 Å². The summed E-state index contributed by atoms with van der Waals surface area (Å²) in [6.45, 7) is 4.69. The van der Waals surface area contributed by atoms with E-state index in [1.165, 1.54) is 12.1 Å². The van der Waals surface area contributed by atoms with Gasteiger partial charge in [-0.15, -0.1) is 0 Å². The van der Waals surface area contributed by atoms with Crippen molar-refractivity contribution in [3.05, 3.63) is 38.3 Å². The van der Waals surface area contributed by atoms with Gasteiger partial charge in [0.2, 0.25) is 0 Å². The minimum Gasteiger partial charge on any atom is -0.351 e. The average Bonchev–Trinajstić information content (AvgIpc) is 2.42. The predicted molar refractivity (Wildman–Crippen MR) is 89.9 cm³/mol. The standard InChI is InChI=1S/C14H18Br2N2O3/c1-14(2,4-3-5-15)9-17-13(19)10-6-11(16)8-12(7-10)18(20)21/h6-8H,3-5,9H2,1-2H3,(H,17,19). The van der Waals surface area contributed by atoms with Crippen LogP contribution in [0.3, 0.4) is 0 Å². The van der Waals surface area contributed by atoms with E-state index in [4.69, 9.17) is 0 Å². The molecule has 0 heterocycles. The van der Waals surface area contributed by atoms with Gasteiger partial charge in [-0.2, -0.15) is 0 Å². The van der Waals surface area contributed by atoms with Crippen molar-refractivity contribution < 1.29 is 9.72 Å². The van der Waals surface area contributed by atoms with E-state index >= 15 is 0 Å². The Morgan fingerprint density at radius 2 is 2.05 bits per heavy atom. The summed E-state index contributed by atoms with van der Waals surface area (Å²) in [6.07, 6.45) is 2.02. The molecular weight excluding hydrogens is 404 g/mol. The molecule has 1 aromatic rings. The number of rotatable bonds is 7. The van der Waals surface area contributed by atoms with E-state index < -0.39 is 4.92 Å². The summed E-state index contributed by atoms with van der Waals surface area (Å²) in [5, 5.41) is 14.6. The summed E-state index contributed by atoms with van der Waals surface area (Å²) in [5.41, 5.74) is 0.168. The van der Waals surface area contributed by atoms with Crippen LogP contribution in [0.4, 0.5) is 5.69 Å². The molecule has 0 saturated heterocycles. The number of nitrogens with zero attached hydrogens (tertiary/aromatic N) is 1. The second kappa shape index (κ2) is 7.89. The number of amides is 1. The van der Waals surface area contributed by atoms with E-state index in [0.29, 0.717) is 11.0 Å². The van der Waals surface area contributed by atoms with Gasteiger partial charge in [0.15, 0.2) is 0 Å². The third kappa shape index (κ3) is 6.13. The van der Waals surface area contributed by atoms with Crippen LogP contribution in [-0.4, -0.2) is 22.7 Å². The lowest BCUT2D eigenvalue weighted by atomic mass is 9.88. The van der Waals surface area contributed by atoms with Crippen LogP contribution in [0, 0.1) is 15.5 Å². The molecule has 0 fully saturated rings. The number of carbonyl (C=O) groups excluding carboxylic acids is 1. The Kier molecular flexibility index (Phi) is 6.80. The summed E-state index contributed by atoms with van der Waals surface area (Å²) in [5.74, 6) is -0.300. The Balaban J connectivity index is 2.74. The second-order valence-electron chi connectivity index (χ2n) is 5.59. The lowest BCUT2D eigenvalue weighted by Gasteiger charge is -2.24. The number of nitrogens with one attached hydrogen (secondary N) is 1. The Morgan fingerprint density at radius 3 is 2.62 bits per heavy atom. The fraction of sp³-hybridized carbons (Fsp3) is 0.500. The Bertz CT molecular complexity index is 533. The summed E-state index contributed by atoms with van der Waals surface area (Å²) in [7, 11) is 0. The van der Waals surface area contributed by atoms with Gasteiger partial charge in [-0.3, -0.25) is 14.9 Å². The highest BCUT2D eigenvalue weighted by Crippen LogP contribution is 2.23. The van der Waals surface area contributed by atoms with Crippen molar-refractivity contribution in [1.82, 2.24) is 5.32 Å². The van der Waals surface area contributed by atoms with Crippen molar-refractivity contribution in [2.75, 3.05) is 11.9 Å². The van der Waals surface area contributed by atoms with Crippen LogP contribution < -0.4 is 5.32 Å². The fourth-order valence-corrected chi connectivity index (χ4v) is 2.63. The molecule has 1 aromatic carbocycles. The number of hydrogen-bond acceptors (Lipinski definition) is 3. The van der Waals surface area contributed by atoms with Crippen LogP contribution >= 0.6 is 31.9 Å². The first kappa shape index (κ1) is 18.1. The minimum atomic E-state index is -0.512. The largest absolute Gasteiger partial charge is 0.351 e. The molecule has 0 spiro atoms. The van der Waals surface area contributed by atoms with Crippen molar-refractivity contribution >= 4 is 43.5 Å². The topological polar surface area (TPSA) is 72.2 Å². The van der Waals surface area contributed by atoms with Crippen molar-refractivity contribution in [3.8, 4) is 0 Å². The highest BCUT2D eigenvalue weighted by atomic mass is 79.9. The Hall–Kier alpha value is -0.950. The Labute approximate surface area is 140 Å². The first-order chi connectivity index (χ1) is 9.75. The summed E-state index contributed by atoms with van der Waals surface area (Å²) in [4.78, 5) is 22.4. The molecule has 0 unspecified atom stereocenters. The van der Waals surface area contributed by atoms with Gasteiger partial charge in [-0.05, 0) is 24.3 Å². The fourth-order valence-electron chi connectivity index (χ4n) is 1.87. The van der Waals surface area contributed by atoms with Gasteiger partial charge in [0.25, 0.3) is 11.6 Å². The summed E-state index contributed by atoms with van der Waals surface area (Å²) in [6, 6.07) is 4.23. The van der Waals surface area contributed by atoms with Gasteiger partial charge in [-0.25, -0.2) is 0 Å². The quantitative estimate of drug-likeness (QED) is 0.405. The SMILES string of the molecule is CC(C)(CCCBr)CNC(=O)c1cc(Br)cc([N+](=O)[O-])c1. The lowest BCUT2D eigenvalue weighted by Crippen LogP contribution is -2.34. The van der Waals surface area contributed by atoms with Gasteiger partial charge in [0, 0.05) is 34.0 Å². The van der Waals surface area contributed by atoms with Crippen LogP contribution in [-0.2, 0) is 0 Å². The molecule has 1 amide bonds. The average molecular weight is 422 g/mol. The lowest BCUT2D eigenvalue weighted by molar-refractivity contribution is -0.385. The maximum atomic E-state index is 12.1. The zero-order chi connectivity index (χ0) is 16.0. The predicted octanol–water partition coefficient (Wildman–Crippen LogP) is 4.29. The minimum absolute atomic E-state index is 0.0125. The normalized spacial score (nSPS) is 11.2. The van der Waals surface area contributed by atoms with Gasteiger partial charge < -0.3 is 5.32 Å². The van der Waals surface area contributed by atoms with Crippen LogP contribution in [0.25, 0.3) is 0 Å². The maximum absolute atomic E-state index is 12.1. The number of nitro benzene ring substituents is 1. The molecule has 0 aliphatic heterocycles. The van der Waals surface area contributed by atoms with Gasteiger partial charge in [0.1, 0.15) is 0 Å². The molecule has 0 aromatic heterocycles. The third-order valence-electron chi connectivity index (χ3n) is 3.07. The smallest absolute Gasteiger partial charge is 0.271 e. The van der Waals surface area contributed by atoms with E-state index in [0.717, 1.165) is 18.2 Å². The number of alkyl halides is 1. The molecule has 0 aliphatic carbocycles. The molecule has 1 N–H and O–H groups in total. The molecule has 0 bridgehead atoms. The second-order valence-corrected chi connectivity index (χ2v) is 7.30. The third-order valence-corrected chi connectivity index (χ3v) is 4.09. The van der Waals surface area contributed by atoms with Crippen LogP contribution in [0.15, 0.2) is 22.7 Å². The van der Waals surface area contributed by atoms with Gasteiger partial charge in [-0.1, -0.05) is 45.7 Å². The molecule has 1 rings (SSSR count). The molecule has 0 saturated carbocycles. The van der Waals surface area contributed by atoms with Crippen molar-refractivity contribution in [1.29, 1.82) is 0 Å². The first-order valence-corrected chi connectivity index (χ1v) is 8.46. The van der Waals surface area contributed by atoms with E-state index in [-0.39, 0.29) is 22.6 Å².